The molecular weight excluding hydrogens is 308 g/mol. The highest BCUT2D eigenvalue weighted by Gasteiger charge is 2.42. The zero-order valence-electron chi connectivity index (χ0n) is 13.9. The maximum absolute atomic E-state index is 11.9. The number of hydrogen-bond acceptors (Lipinski definition) is 5. The van der Waals surface area contributed by atoms with Crippen molar-refractivity contribution >= 4 is 11.7 Å². The summed E-state index contributed by atoms with van der Waals surface area (Å²) in [7, 11) is 0. The van der Waals surface area contributed by atoms with E-state index in [-0.39, 0.29) is 24.0 Å². The minimum atomic E-state index is -0.276. The van der Waals surface area contributed by atoms with E-state index in [4.69, 9.17) is 4.52 Å². The largest absolute Gasteiger partial charge is 0.396 e. The van der Waals surface area contributed by atoms with Crippen LogP contribution in [0.4, 0.5) is 10.5 Å². The van der Waals surface area contributed by atoms with Gasteiger partial charge >= 0.3 is 6.03 Å². The first kappa shape index (κ1) is 16.4. The average Bonchev–Trinajstić information content (AvgIpc) is 3.19. The van der Waals surface area contributed by atoms with Crippen LogP contribution in [0, 0.1) is 5.41 Å². The van der Waals surface area contributed by atoms with Gasteiger partial charge in [-0.3, -0.25) is 0 Å². The van der Waals surface area contributed by atoms with Crippen LogP contribution >= 0.6 is 0 Å². The molecule has 0 radical (unpaired) electrons. The van der Waals surface area contributed by atoms with E-state index in [0.717, 1.165) is 18.4 Å². The number of nitrogens with one attached hydrogen (secondary N) is 2. The first-order valence-corrected chi connectivity index (χ1v) is 8.11. The molecule has 7 heteroatoms. The fraction of sp³-hybridized carbons (Fsp3) is 0.471. The lowest BCUT2D eigenvalue weighted by Crippen LogP contribution is -2.35. The predicted octanol–water partition coefficient (Wildman–Crippen LogP) is 2.75. The van der Waals surface area contributed by atoms with Crippen molar-refractivity contribution in [3.05, 3.63) is 30.1 Å². The Kier molecular flexibility index (Phi) is 4.53. The second-order valence-electron chi connectivity index (χ2n) is 6.66. The van der Waals surface area contributed by atoms with Crippen LogP contribution in [0.3, 0.4) is 0 Å². The fourth-order valence-corrected chi connectivity index (χ4v) is 2.29. The number of aliphatic hydroxyl groups excluding tert-OH is 1. The molecule has 0 spiro atoms. The third-order valence-electron chi connectivity index (χ3n) is 4.26. The Hall–Kier alpha value is -2.41. The lowest BCUT2D eigenvalue weighted by molar-refractivity contribution is 0.206. The van der Waals surface area contributed by atoms with Gasteiger partial charge in [-0.05, 0) is 37.1 Å². The second kappa shape index (κ2) is 6.60. The topological polar surface area (TPSA) is 100 Å². The summed E-state index contributed by atoms with van der Waals surface area (Å²) in [6, 6.07) is 6.94. The molecule has 0 bridgehead atoms. The smallest absolute Gasteiger partial charge is 0.319 e. The standard InChI is InChI=1S/C17H22N4O3/c1-11(2)14-20-15(24-21-14)12-3-5-13(6-4-12)19-16(23)18-9-17(10-22)7-8-17/h3-6,11,22H,7-10H2,1-2H3,(H2,18,19,23). The number of carbonyl (C=O) groups is 1. The normalized spacial score (nSPS) is 15.3. The molecule has 2 aromatic rings. The minimum absolute atomic E-state index is 0.104. The van der Waals surface area contributed by atoms with E-state index in [0.29, 0.717) is 23.9 Å². The van der Waals surface area contributed by atoms with Gasteiger partial charge in [-0.1, -0.05) is 19.0 Å². The van der Waals surface area contributed by atoms with Gasteiger partial charge in [-0.15, -0.1) is 0 Å². The highest BCUT2D eigenvalue weighted by atomic mass is 16.5. The predicted molar refractivity (Wildman–Crippen MR) is 89.6 cm³/mol. The molecule has 0 aliphatic heterocycles. The Morgan fingerprint density at radius 1 is 1.33 bits per heavy atom. The van der Waals surface area contributed by atoms with Crippen molar-refractivity contribution in [2.75, 3.05) is 18.5 Å². The lowest BCUT2D eigenvalue weighted by Gasteiger charge is -2.13. The zero-order chi connectivity index (χ0) is 17.2. The highest BCUT2D eigenvalue weighted by molar-refractivity contribution is 5.89. The molecule has 1 aromatic carbocycles. The molecule has 2 amide bonds. The van der Waals surface area contributed by atoms with E-state index in [1.807, 2.05) is 26.0 Å². The number of anilines is 1. The van der Waals surface area contributed by atoms with Crippen molar-refractivity contribution < 1.29 is 14.4 Å². The van der Waals surface area contributed by atoms with Crippen LogP contribution in [0.1, 0.15) is 38.4 Å². The van der Waals surface area contributed by atoms with Crippen LogP contribution in [0.25, 0.3) is 11.5 Å². The minimum Gasteiger partial charge on any atom is -0.396 e. The summed E-state index contributed by atoms with van der Waals surface area (Å²) in [5.41, 5.74) is 1.37. The number of amides is 2. The summed E-state index contributed by atoms with van der Waals surface area (Å²) in [4.78, 5) is 16.2. The van der Waals surface area contributed by atoms with Gasteiger partial charge in [0.25, 0.3) is 5.89 Å². The van der Waals surface area contributed by atoms with Gasteiger partial charge in [-0.25, -0.2) is 4.79 Å². The van der Waals surface area contributed by atoms with Crippen molar-refractivity contribution in [2.45, 2.75) is 32.6 Å². The fourth-order valence-electron chi connectivity index (χ4n) is 2.29. The van der Waals surface area contributed by atoms with Crippen molar-refractivity contribution in [3.63, 3.8) is 0 Å². The molecule has 128 valence electrons. The Balaban J connectivity index is 1.56. The third-order valence-corrected chi connectivity index (χ3v) is 4.26. The summed E-state index contributed by atoms with van der Waals surface area (Å²) in [6.07, 6.45) is 1.92. The van der Waals surface area contributed by atoms with Crippen LogP contribution in [0.5, 0.6) is 0 Å². The van der Waals surface area contributed by atoms with E-state index < -0.39 is 0 Å². The number of aromatic nitrogens is 2. The average molecular weight is 330 g/mol. The van der Waals surface area contributed by atoms with E-state index in [1.165, 1.54) is 0 Å². The Bertz CT molecular complexity index is 705. The molecular formula is C17H22N4O3. The van der Waals surface area contributed by atoms with Crippen LogP contribution in [-0.4, -0.2) is 34.4 Å². The van der Waals surface area contributed by atoms with E-state index >= 15 is 0 Å². The molecule has 0 unspecified atom stereocenters. The molecule has 1 saturated carbocycles. The van der Waals surface area contributed by atoms with Gasteiger partial charge in [0.2, 0.25) is 0 Å². The first-order valence-electron chi connectivity index (χ1n) is 8.11. The summed E-state index contributed by atoms with van der Waals surface area (Å²) < 4.78 is 5.24. The summed E-state index contributed by atoms with van der Waals surface area (Å²) in [6.45, 7) is 4.61. The Labute approximate surface area is 140 Å². The molecule has 1 aliphatic carbocycles. The molecule has 1 aliphatic rings. The first-order chi connectivity index (χ1) is 11.5. The highest BCUT2D eigenvalue weighted by Crippen LogP contribution is 2.44. The van der Waals surface area contributed by atoms with Crippen LogP contribution < -0.4 is 10.6 Å². The number of aliphatic hydroxyl groups is 1. The van der Waals surface area contributed by atoms with E-state index in [9.17, 15) is 9.90 Å². The maximum Gasteiger partial charge on any atom is 0.319 e. The van der Waals surface area contributed by atoms with Gasteiger partial charge in [0.05, 0.1) is 6.61 Å². The van der Waals surface area contributed by atoms with Gasteiger partial charge in [0.15, 0.2) is 5.82 Å². The van der Waals surface area contributed by atoms with Gasteiger partial charge < -0.3 is 20.3 Å². The van der Waals surface area contributed by atoms with Crippen LogP contribution in [0.15, 0.2) is 28.8 Å². The summed E-state index contributed by atoms with van der Waals surface area (Å²) in [5.74, 6) is 1.35. The SMILES string of the molecule is CC(C)c1noc(-c2ccc(NC(=O)NCC3(CO)CC3)cc2)n1. The van der Waals surface area contributed by atoms with Crippen molar-refractivity contribution in [1.29, 1.82) is 0 Å². The molecule has 0 atom stereocenters. The molecule has 7 nitrogen and oxygen atoms in total. The van der Waals surface area contributed by atoms with Gasteiger partial charge in [-0.2, -0.15) is 4.98 Å². The number of benzene rings is 1. The third kappa shape index (κ3) is 3.73. The number of carbonyl (C=O) groups excluding carboxylic acids is 1. The maximum atomic E-state index is 11.9. The summed E-state index contributed by atoms with van der Waals surface area (Å²) in [5, 5.41) is 18.7. The van der Waals surface area contributed by atoms with Crippen molar-refractivity contribution in [1.82, 2.24) is 15.5 Å². The Morgan fingerprint density at radius 3 is 2.58 bits per heavy atom. The van der Waals surface area contributed by atoms with E-state index in [2.05, 4.69) is 20.8 Å². The van der Waals surface area contributed by atoms with Crippen LogP contribution in [-0.2, 0) is 0 Å². The monoisotopic (exact) mass is 330 g/mol. The van der Waals surface area contributed by atoms with E-state index in [1.54, 1.807) is 12.1 Å². The van der Waals surface area contributed by atoms with Gasteiger partial charge in [0, 0.05) is 29.1 Å². The quantitative estimate of drug-likeness (QED) is 0.756. The van der Waals surface area contributed by atoms with Crippen molar-refractivity contribution in [2.24, 2.45) is 5.41 Å². The second-order valence-corrected chi connectivity index (χ2v) is 6.66. The van der Waals surface area contributed by atoms with Crippen molar-refractivity contribution in [3.8, 4) is 11.5 Å². The molecule has 3 N–H and O–H groups in total. The Morgan fingerprint density at radius 2 is 2.04 bits per heavy atom. The number of urea groups is 1. The summed E-state index contributed by atoms with van der Waals surface area (Å²) >= 11 is 0. The number of rotatable bonds is 6. The lowest BCUT2D eigenvalue weighted by atomic mass is 10.1. The molecule has 1 fully saturated rings. The molecule has 0 saturated heterocycles. The zero-order valence-corrected chi connectivity index (χ0v) is 13.9. The number of hydrogen-bond donors (Lipinski definition) is 3. The van der Waals surface area contributed by atoms with Crippen LogP contribution in [0.2, 0.25) is 0 Å². The molecule has 1 aromatic heterocycles. The molecule has 24 heavy (non-hydrogen) atoms. The molecule has 3 rings (SSSR count). The van der Waals surface area contributed by atoms with Gasteiger partial charge in [0.1, 0.15) is 0 Å². The molecule has 1 heterocycles. The number of nitrogens with zero attached hydrogens (tertiary/aromatic N) is 2.